The summed E-state index contributed by atoms with van der Waals surface area (Å²) < 4.78 is 5.92. The summed E-state index contributed by atoms with van der Waals surface area (Å²) in [7, 11) is 0. The fraction of sp³-hybridized carbons (Fsp3) is 0.600. The van der Waals surface area contributed by atoms with Gasteiger partial charge in [0.2, 0.25) is 0 Å². The lowest BCUT2D eigenvalue weighted by molar-refractivity contribution is 0.214. The normalized spacial score (nSPS) is 14.4. The van der Waals surface area contributed by atoms with Crippen molar-refractivity contribution in [2.24, 2.45) is 0 Å². The molecular weight excluding hydrogens is 210 g/mol. The van der Waals surface area contributed by atoms with Gasteiger partial charge in [-0.1, -0.05) is 32.0 Å². The van der Waals surface area contributed by atoms with Gasteiger partial charge in [0.1, 0.15) is 5.75 Å². The Morgan fingerprint density at radius 2 is 1.82 bits per heavy atom. The highest BCUT2D eigenvalue weighted by atomic mass is 16.5. The Labute approximate surface area is 105 Å². The summed E-state index contributed by atoms with van der Waals surface area (Å²) >= 11 is 0. The molecule has 2 heteroatoms. The minimum absolute atomic E-state index is 0.278. The van der Waals surface area contributed by atoms with Crippen molar-refractivity contribution in [3.05, 3.63) is 29.8 Å². The van der Waals surface area contributed by atoms with E-state index in [-0.39, 0.29) is 6.10 Å². The number of para-hydroxylation sites is 1. The number of ether oxygens (including phenoxy) is 1. The van der Waals surface area contributed by atoms with E-state index in [0.29, 0.717) is 6.04 Å². The first kappa shape index (κ1) is 14.0. The second-order valence-electron chi connectivity index (χ2n) is 4.63. The highest BCUT2D eigenvalue weighted by molar-refractivity contribution is 5.33. The molecule has 1 aromatic rings. The van der Waals surface area contributed by atoms with E-state index in [9.17, 15) is 0 Å². The van der Waals surface area contributed by atoms with E-state index in [0.717, 1.165) is 25.1 Å². The molecule has 0 amide bonds. The van der Waals surface area contributed by atoms with Gasteiger partial charge in [-0.3, -0.25) is 0 Å². The Morgan fingerprint density at radius 3 is 2.47 bits per heavy atom. The predicted octanol–water partition coefficient (Wildman–Crippen LogP) is 3.75. The Balaban J connectivity index is 2.64. The SMILES string of the molecule is CC[C@@H](C)Oc1ccccc1CN[C@@H](C)CC. The summed E-state index contributed by atoms with van der Waals surface area (Å²) in [6.45, 7) is 9.53. The van der Waals surface area contributed by atoms with Crippen LogP contribution in [0.5, 0.6) is 5.75 Å². The van der Waals surface area contributed by atoms with Crippen LogP contribution >= 0.6 is 0 Å². The molecule has 0 heterocycles. The lowest BCUT2D eigenvalue weighted by Crippen LogP contribution is -2.25. The molecule has 1 N–H and O–H groups in total. The summed E-state index contributed by atoms with van der Waals surface area (Å²) in [5.41, 5.74) is 1.24. The number of benzene rings is 1. The zero-order valence-electron chi connectivity index (χ0n) is 11.5. The maximum Gasteiger partial charge on any atom is 0.124 e. The molecule has 0 radical (unpaired) electrons. The highest BCUT2D eigenvalue weighted by Gasteiger charge is 2.07. The number of hydrogen-bond acceptors (Lipinski definition) is 2. The molecule has 1 rings (SSSR count). The van der Waals surface area contributed by atoms with Crippen molar-refractivity contribution in [2.75, 3.05) is 0 Å². The van der Waals surface area contributed by atoms with Crippen LogP contribution in [0.25, 0.3) is 0 Å². The van der Waals surface area contributed by atoms with E-state index >= 15 is 0 Å². The van der Waals surface area contributed by atoms with E-state index in [1.54, 1.807) is 0 Å². The van der Waals surface area contributed by atoms with Crippen LogP contribution in [-0.4, -0.2) is 12.1 Å². The molecule has 17 heavy (non-hydrogen) atoms. The van der Waals surface area contributed by atoms with Crippen LogP contribution in [0.3, 0.4) is 0 Å². The molecule has 0 bridgehead atoms. The first-order valence-electron chi connectivity index (χ1n) is 6.65. The third kappa shape index (κ3) is 4.78. The summed E-state index contributed by atoms with van der Waals surface area (Å²) in [6.07, 6.45) is 2.46. The van der Waals surface area contributed by atoms with Crippen molar-refractivity contribution in [3.8, 4) is 5.75 Å². The standard InChI is InChI=1S/C15H25NO/c1-5-12(3)16-11-14-9-7-8-10-15(14)17-13(4)6-2/h7-10,12-13,16H,5-6,11H2,1-4H3/t12-,13+/m0/s1. The van der Waals surface area contributed by atoms with Crippen LogP contribution in [0, 0.1) is 0 Å². The smallest absolute Gasteiger partial charge is 0.124 e. The third-order valence-corrected chi connectivity index (χ3v) is 3.13. The summed E-state index contributed by atoms with van der Waals surface area (Å²) in [6, 6.07) is 8.83. The van der Waals surface area contributed by atoms with Gasteiger partial charge in [0.15, 0.2) is 0 Å². The van der Waals surface area contributed by atoms with Gasteiger partial charge in [0.05, 0.1) is 6.10 Å². The van der Waals surface area contributed by atoms with Crippen LogP contribution in [0.4, 0.5) is 0 Å². The largest absolute Gasteiger partial charge is 0.490 e. The summed E-state index contributed by atoms with van der Waals surface area (Å²) in [4.78, 5) is 0. The van der Waals surface area contributed by atoms with Crippen LogP contribution in [0.15, 0.2) is 24.3 Å². The van der Waals surface area contributed by atoms with Gasteiger partial charge >= 0.3 is 0 Å². The Morgan fingerprint density at radius 1 is 1.12 bits per heavy atom. The number of nitrogens with one attached hydrogen (secondary N) is 1. The maximum atomic E-state index is 5.92. The quantitative estimate of drug-likeness (QED) is 0.777. The zero-order valence-corrected chi connectivity index (χ0v) is 11.5. The first-order valence-corrected chi connectivity index (χ1v) is 6.65. The highest BCUT2D eigenvalue weighted by Crippen LogP contribution is 2.20. The van der Waals surface area contributed by atoms with Gasteiger partial charge in [-0.25, -0.2) is 0 Å². The van der Waals surface area contributed by atoms with Crippen molar-refractivity contribution < 1.29 is 4.74 Å². The molecule has 0 spiro atoms. The summed E-state index contributed by atoms with van der Waals surface area (Å²) in [5, 5.41) is 3.50. The van der Waals surface area contributed by atoms with Crippen LogP contribution in [0.1, 0.15) is 46.1 Å². The topological polar surface area (TPSA) is 21.3 Å². The minimum atomic E-state index is 0.278. The van der Waals surface area contributed by atoms with Crippen molar-refractivity contribution in [1.29, 1.82) is 0 Å². The molecule has 0 fully saturated rings. The van der Waals surface area contributed by atoms with Crippen molar-refractivity contribution in [2.45, 2.75) is 59.2 Å². The van der Waals surface area contributed by atoms with Gasteiger partial charge in [-0.15, -0.1) is 0 Å². The second-order valence-corrected chi connectivity index (χ2v) is 4.63. The van der Waals surface area contributed by atoms with Crippen molar-refractivity contribution >= 4 is 0 Å². The average Bonchev–Trinajstić information content (AvgIpc) is 2.37. The van der Waals surface area contributed by atoms with Crippen LogP contribution in [0.2, 0.25) is 0 Å². The van der Waals surface area contributed by atoms with Gasteiger partial charge in [0, 0.05) is 18.2 Å². The molecule has 0 aliphatic heterocycles. The lowest BCUT2D eigenvalue weighted by Gasteiger charge is -2.17. The van der Waals surface area contributed by atoms with E-state index in [2.05, 4.69) is 51.2 Å². The fourth-order valence-corrected chi connectivity index (χ4v) is 1.49. The predicted molar refractivity (Wildman–Crippen MR) is 73.4 cm³/mol. The summed E-state index contributed by atoms with van der Waals surface area (Å²) in [5.74, 6) is 1.01. The van der Waals surface area contributed by atoms with Crippen molar-refractivity contribution in [1.82, 2.24) is 5.32 Å². The molecule has 0 aliphatic rings. The molecule has 0 aliphatic carbocycles. The van der Waals surface area contributed by atoms with E-state index in [1.807, 2.05) is 6.07 Å². The monoisotopic (exact) mass is 235 g/mol. The molecule has 0 aromatic heterocycles. The molecule has 96 valence electrons. The van der Waals surface area contributed by atoms with Gasteiger partial charge in [-0.2, -0.15) is 0 Å². The van der Waals surface area contributed by atoms with E-state index in [4.69, 9.17) is 4.74 Å². The third-order valence-electron chi connectivity index (χ3n) is 3.13. The van der Waals surface area contributed by atoms with Crippen LogP contribution in [-0.2, 0) is 6.54 Å². The Bertz CT molecular complexity index is 324. The lowest BCUT2D eigenvalue weighted by atomic mass is 10.1. The van der Waals surface area contributed by atoms with Gasteiger partial charge in [-0.05, 0) is 32.8 Å². The minimum Gasteiger partial charge on any atom is -0.490 e. The molecule has 1 aromatic carbocycles. The van der Waals surface area contributed by atoms with Crippen molar-refractivity contribution in [3.63, 3.8) is 0 Å². The first-order chi connectivity index (χ1) is 8.17. The Kier molecular flexibility index (Phi) is 6.06. The Hall–Kier alpha value is -1.02. The van der Waals surface area contributed by atoms with Gasteiger partial charge in [0.25, 0.3) is 0 Å². The zero-order chi connectivity index (χ0) is 12.7. The average molecular weight is 235 g/mol. The van der Waals surface area contributed by atoms with E-state index < -0.39 is 0 Å². The molecule has 0 saturated carbocycles. The maximum absolute atomic E-state index is 5.92. The van der Waals surface area contributed by atoms with E-state index in [1.165, 1.54) is 5.56 Å². The molecule has 2 atom stereocenters. The molecule has 2 nitrogen and oxygen atoms in total. The number of hydrogen-bond donors (Lipinski definition) is 1. The van der Waals surface area contributed by atoms with Crippen LogP contribution < -0.4 is 10.1 Å². The molecular formula is C15H25NO. The second kappa shape index (κ2) is 7.33. The number of rotatable bonds is 7. The molecule has 0 unspecified atom stereocenters. The van der Waals surface area contributed by atoms with Gasteiger partial charge < -0.3 is 10.1 Å². The molecule has 0 saturated heterocycles. The fourth-order valence-electron chi connectivity index (χ4n) is 1.49.